The maximum absolute atomic E-state index is 15.0. The number of ether oxygens (including phenoxy) is 2. The minimum Gasteiger partial charge on any atom is -0.463 e. The molecule has 0 radical (unpaired) electrons. The van der Waals surface area contributed by atoms with Gasteiger partial charge in [0.05, 0.1) is 18.8 Å². The molecule has 2 aliphatic heterocycles. The summed E-state index contributed by atoms with van der Waals surface area (Å²) in [6.45, 7) is 4.16. The van der Waals surface area contributed by atoms with Crippen molar-refractivity contribution >= 4 is 29.5 Å². The van der Waals surface area contributed by atoms with Crippen LogP contribution in [0, 0.1) is 5.82 Å². The number of amides is 2. The lowest BCUT2D eigenvalue weighted by Crippen LogP contribution is -2.47. The SMILES string of the molecule is CC(=O)NC[C@H]1CN(c2ccc(-c3ccc(N4CCC(O)(COC(C)=O)CC4)nc3)c(F)c2)C(=O)O1. The van der Waals surface area contributed by atoms with Crippen LogP contribution in [0.15, 0.2) is 36.5 Å². The highest BCUT2D eigenvalue weighted by Gasteiger charge is 2.34. The van der Waals surface area contributed by atoms with Gasteiger partial charge in [0, 0.05) is 44.3 Å². The third-order valence-electron chi connectivity index (χ3n) is 6.34. The first kappa shape index (κ1) is 25.4. The lowest BCUT2D eigenvalue weighted by atomic mass is 9.92. The molecule has 2 aliphatic rings. The second-order valence-electron chi connectivity index (χ2n) is 9.11. The van der Waals surface area contributed by atoms with Gasteiger partial charge in [-0.25, -0.2) is 14.2 Å². The molecule has 0 saturated carbocycles. The van der Waals surface area contributed by atoms with Crippen molar-refractivity contribution in [2.45, 2.75) is 38.4 Å². The predicted molar refractivity (Wildman–Crippen MR) is 129 cm³/mol. The van der Waals surface area contributed by atoms with Gasteiger partial charge in [0.15, 0.2) is 0 Å². The Hall–Kier alpha value is -3.73. The third kappa shape index (κ3) is 5.91. The van der Waals surface area contributed by atoms with Gasteiger partial charge in [0.25, 0.3) is 0 Å². The molecule has 0 bridgehead atoms. The number of hydrogen-bond acceptors (Lipinski definition) is 8. The molecule has 0 spiro atoms. The van der Waals surface area contributed by atoms with Crippen LogP contribution in [-0.4, -0.2) is 72.6 Å². The number of carbonyl (C=O) groups is 3. The van der Waals surface area contributed by atoms with Crippen LogP contribution >= 0.6 is 0 Å². The number of anilines is 2. The van der Waals surface area contributed by atoms with E-state index in [0.717, 1.165) is 0 Å². The second kappa shape index (κ2) is 10.5. The summed E-state index contributed by atoms with van der Waals surface area (Å²) < 4.78 is 25.2. The fourth-order valence-corrected chi connectivity index (χ4v) is 4.27. The standard InChI is InChI=1S/C25H29FN4O6/c1-16(31)27-13-20-14-30(24(33)36-20)19-4-5-21(22(26)11-19)18-3-6-23(28-12-18)29-9-7-25(34,8-10-29)15-35-17(2)32/h3-6,11-12,20,34H,7-10,13-15H2,1-2H3,(H,27,31)/t20-/m0/s1. The number of rotatable bonds is 7. The maximum atomic E-state index is 15.0. The molecule has 192 valence electrons. The zero-order valence-electron chi connectivity index (χ0n) is 20.2. The van der Waals surface area contributed by atoms with E-state index < -0.39 is 29.6 Å². The molecule has 3 heterocycles. The molecule has 11 heteroatoms. The summed E-state index contributed by atoms with van der Waals surface area (Å²) in [5.41, 5.74) is 0.248. The summed E-state index contributed by atoms with van der Waals surface area (Å²) >= 11 is 0. The number of cyclic esters (lactones) is 1. The lowest BCUT2D eigenvalue weighted by molar-refractivity contribution is -0.150. The molecular weight excluding hydrogens is 471 g/mol. The van der Waals surface area contributed by atoms with E-state index in [4.69, 9.17) is 9.47 Å². The molecule has 2 N–H and O–H groups in total. The largest absolute Gasteiger partial charge is 0.463 e. The monoisotopic (exact) mass is 500 g/mol. The Morgan fingerprint density at radius 3 is 2.61 bits per heavy atom. The van der Waals surface area contributed by atoms with Gasteiger partial charge in [-0.3, -0.25) is 14.5 Å². The van der Waals surface area contributed by atoms with Crippen LogP contribution in [0.5, 0.6) is 0 Å². The summed E-state index contributed by atoms with van der Waals surface area (Å²) in [6, 6.07) is 8.08. The van der Waals surface area contributed by atoms with Gasteiger partial charge in [-0.15, -0.1) is 0 Å². The van der Waals surface area contributed by atoms with Crippen LogP contribution in [0.1, 0.15) is 26.7 Å². The average molecular weight is 501 g/mol. The van der Waals surface area contributed by atoms with Crippen molar-refractivity contribution in [2.24, 2.45) is 0 Å². The fourth-order valence-electron chi connectivity index (χ4n) is 4.27. The summed E-state index contributed by atoms with van der Waals surface area (Å²) in [6.07, 6.45) is 1.35. The third-order valence-corrected chi connectivity index (χ3v) is 6.34. The van der Waals surface area contributed by atoms with Gasteiger partial charge in [-0.1, -0.05) is 0 Å². The van der Waals surface area contributed by atoms with Crippen LogP contribution in [-0.2, 0) is 19.1 Å². The molecule has 1 aromatic carbocycles. The molecule has 1 atom stereocenters. The minimum atomic E-state index is -1.04. The minimum absolute atomic E-state index is 0.0249. The Labute approximate surface area is 208 Å². The molecule has 1 aromatic heterocycles. The van der Waals surface area contributed by atoms with Gasteiger partial charge in [0.2, 0.25) is 5.91 Å². The van der Waals surface area contributed by atoms with Crippen molar-refractivity contribution < 1.29 is 33.4 Å². The number of esters is 1. The van der Waals surface area contributed by atoms with E-state index in [1.165, 1.54) is 24.8 Å². The van der Waals surface area contributed by atoms with Gasteiger partial charge >= 0.3 is 12.1 Å². The molecular formula is C25H29FN4O6. The first-order chi connectivity index (χ1) is 17.1. The first-order valence-corrected chi connectivity index (χ1v) is 11.7. The predicted octanol–water partition coefficient (Wildman–Crippen LogP) is 2.24. The van der Waals surface area contributed by atoms with Crippen molar-refractivity contribution in [2.75, 3.05) is 42.6 Å². The summed E-state index contributed by atoms with van der Waals surface area (Å²) in [4.78, 5) is 42.1. The number of piperidine rings is 1. The normalized spacial score (nSPS) is 19.1. The van der Waals surface area contributed by atoms with Crippen molar-refractivity contribution in [1.29, 1.82) is 0 Å². The zero-order chi connectivity index (χ0) is 25.9. The smallest absolute Gasteiger partial charge is 0.414 e. The molecule has 0 aliphatic carbocycles. The van der Waals surface area contributed by atoms with E-state index in [9.17, 15) is 23.9 Å². The highest BCUT2D eigenvalue weighted by molar-refractivity contribution is 5.90. The van der Waals surface area contributed by atoms with E-state index >= 15 is 0 Å². The van der Waals surface area contributed by atoms with E-state index in [1.54, 1.807) is 30.5 Å². The van der Waals surface area contributed by atoms with Crippen LogP contribution in [0.2, 0.25) is 0 Å². The Balaban J connectivity index is 1.39. The Bertz CT molecular complexity index is 1130. The quantitative estimate of drug-likeness (QED) is 0.556. The molecule has 2 saturated heterocycles. The average Bonchev–Trinajstić information content (AvgIpc) is 3.23. The molecule has 2 aromatic rings. The van der Waals surface area contributed by atoms with E-state index in [1.807, 2.05) is 4.90 Å². The van der Waals surface area contributed by atoms with Gasteiger partial charge < -0.3 is 24.8 Å². The molecule has 36 heavy (non-hydrogen) atoms. The number of nitrogens with zero attached hydrogens (tertiary/aromatic N) is 3. The van der Waals surface area contributed by atoms with E-state index in [0.29, 0.717) is 48.6 Å². The lowest BCUT2D eigenvalue weighted by Gasteiger charge is -2.38. The van der Waals surface area contributed by atoms with Crippen LogP contribution in [0.25, 0.3) is 11.1 Å². The number of hydrogen-bond donors (Lipinski definition) is 2. The van der Waals surface area contributed by atoms with Gasteiger partial charge in [0.1, 0.15) is 29.9 Å². The Morgan fingerprint density at radius 1 is 1.25 bits per heavy atom. The Morgan fingerprint density at radius 2 is 2.00 bits per heavy atom. The second-order valence-corrected chi connectivity index (χ2v) is 9.11. The first-order valence-electron chi connectivity index (χ1n) is 11.7. The van der Waals surface area contributed by atoms with Gasteiger partial charge in [-0.05, 0) is 43.2 Å². The Kier molecular flexibility index (Phi) is 7.39. The number of aliphatic hydroxyl groups is 1. The number of aromatic nitrogens is 1. The maximum Gasteiger partial charge on any atom is 0.414 e. The van der Waals surface area contributed by atoms with Crippen LogP contribution in [0.4, 0.5) is 20.7 Å². The number of halogens is 1. The fraction of sp³-hybridized carbons (Fsp3) is 0.440. The van der Waals surface area contributed by atoms with Crippen LogP contribution < -0.4 is 15.1 Å². The van der Waals surface area contributed by atoms with Gasteiger partial charge in [-0.2, -0.15) is 0 Å². The van der Waals surface area contributed by atoms with Crippen molar-refractivity contribution in [3.63, 3.8) is 0 Å². The number of nitrogens with one attached hydrogen (secondary N) is 1. The zero-order valence-corrected chi connectivity index (χ0v) is 20.2. The summed E-state index contributed by atoms with van der Waals surface area (Å²) in [5.74, 6) is -0.445. The molecule has 0 unspecified atom stereocenters. The molecule has 2 amide bonds. The van der Waals surface area contributed by atoms with Crippen LogP contribution in [0.3, 0.4) is 0 Å². The van der Waals surface area contributed by atoms with E-state index in [-0.39, 0.29) is 25.6 Å². The van der Waals surface area contributed by atoms with Crippen molar-refractivity contribution in [1.82, 2.24) is 10.3 Å². The number of carbonyl (C=O) groups excluding carboxylic acids is 3. The van der Waals surface area contributed by atoms with Crippen molar-refractivity contribution in [3.05, 3.63) is 42.3 Å². The molecule has 10 nitrogen and oxygen atoms in total. The topological polar surface area (TPSA) is 121 Å². The number of pyridine rings is 1. The number of benzene rings is 1. The highest BCUT2D eigenvalue weighted by atomic mass is 19.1. The summed E-state index contributed by atoms with van der Waals surface area (Å²) in [5, 5.41) is 13.2. The molecule has 2 fully saturated rings. The molecule has 4 rings (SSSR count). The van der Waals surface area contributed by atoms with E-state index in [2.05, 4.69) is 10.3 Å². The summed E-state index contributed by atoms with van der Waals surface area (Å²) in [7, 11) is 0. The highest BCUT2D eigenvalue weighted by Crippen LogP contribution is 2.31. The van der Waals surface area contributed by atoms with Crippen molar-refractivity contribution in [3.8, 4) is 11.1 Å².